The van der Waals surface area contributed by atoms with Crippen molar-refractivity contribution in [2.45, 2.75) is 6.04 Å². The van der Waals surface area contributed by atoms with Crippen LogP contribution in [0.15, 0.2) is 54.6 Å². The van der Waals surface area contributed by atoms with Gasteiger partial charge in [-0.05, 0) is 17.7 Å². The topological polar surface area (TPSA) is 50.8 Å². The lowest BCUT2D eigenvalue weighted by Crippen LogP contribution is -2.43. The van der Waals surface area contributed by atoms with Crippen LogP contribution in [0.1, 0.15) is 11.6 Å². The molecule has 0 saturated carbocycles. The molecule has 2 aromatic rings. The van der Waals surface area contributed by atoms with E-state index >= 15 is 0 Å². The first-order chi connectivity index (χ1) is 11.8. The van der Waals surface area contributed by atoms with Crippen LogP contribution in [-0.4, -0.2) is 44.2 Å². The van der Waals surface area contributed by atoms with Gasteiger partial charge in [0.1, 0.15) is 11.8 Å². The fourth-order valence-electron chi connectivity index (χ4n) is 2.95. The summed E-state index contributed by atoms with van der Waals surface area (Å²) in [6.07, 6.45) is 0. The number of nitrogens with one attached hydrogen (secondary N) is 1. The molecule has 0 spiro atoms. The van der Waals surface area contributed by atoms with Crippen LogP contribution in [0.4, 0.5) is 5.69 Å². The Hall–Kier alpha value is -2.37. The molecule has 1 heterocycles. The van der Waals surface area contributed by atoms with Gasteiger partial charge in [-0.3, -0.25) is 9.69 Å². The number of hydrogen-bond donors (Lipinski definition) is 1. The number of para-hydroxylation sites is 2. The van der Waals surface area contributed by atoms with E-state index in [0.717, 1.165) is 18.7 Å². The highest BCUT2D eigenvalue weighted by molar-refractivity contribution is 5.96. The van der Waals surface area contributed by atoms with Crippen LogP contribution in [0.5, 0.6) is 5.75 Å². The summed E-state index contributed by atoms with van der Waals surface area (Å²) in [5.41, 5.74) is 1.66. The number of methoxy groups -OCH3 is 1. The molecule has 5 nitrogen and oxygen atoms in total. The van der Waals surface area contributed by atoms with E-state index in [1.807, 2.05) is 54.6 Å². The van der Waals surface area contributed by atoms with Gasteiger partial charge in [0.05, 0.1) is 26.0 Å². The van der Waals surface area contributed by atoms with E-state index in [1.54, 1.807) is 7.11 Å². The van der Waals surface area contributed by atoms with Gasteiger partial charge in [0.25, 0.3) is 0 Å². The Labute approximate surface area is 142 Å². The average Bonchev–Trinajstić information content (AvgIpc) is 2.64. The predicted molar refractivity (Wildman–Crippen MR) is 93.2 cm³/mol. The Bertz CT molecular complexity index is 669. The van der Waals surface area contributed by atoms with Crippen LogP contribution in [0, 0.1) is 0 Å². The zero-order chi connectivity index (χ0) is 16.8. The molecule has 1 fully saturated rings. The minimum absolute atomic E-state index is 0.0624. The smallest absolute Gasteiger partial charge is 0.246 e. The first kappa shape index (κ1) is 16.5. The van der Waals surface area contributed by atoms with Crippen molar-refractivity contribution in [1.29, 1.82) is 0 Å². The molecule has 1 aliphatic heterocycles. The molecule has 2 aromatic carbocycles. The zero-order valence-electron chi connectivity index (χ0n) is 13.8. The highest BCUT2D eigenvalue weighted by Gasteiger charge is 2.29. The number of morpholine rings is 1. The lowest BCUT2D eigenvalue weighted by molar-refractivity contribution is -0.123. The molecule has 1 aliphatic rings. The number of amides is 1. The Kier molecular flexibility index (Phi) is 5.46. The number of hydrogen-bond acceptors (Lipinski definition) is 4. The van der Waals surface area contributed by atoms with Gasteiger partial charge in [0.2, 0.25) is 5.91 Å². The maximum atomic E-state index is 13.0. The summed E-state index contributed by atoms with van der Waals surface area (Å²) in [4.78, 5) is 15.2. The largest absolute Gasteiger partial charge is 0.495 e. The third kappa shape index (κ3) is 3.75. The van der Waals surface area contributed by atoms with Gasteiger partial charge in [-0.25, -0.2) is 0 Å². The molecule has 0 bridgehead atoms. The van der Waals surface area contributed by atoms with E-state index < -0.39 is 0 Å². The van der Waals surface area contributed by atoms with Crippen LogP contribution in [-0.2, 0) is 9.53 Å². The Morgan fingerprint density at radius 3 is 2.46 bits per heavy atom. The molecule has 126 valence electrons. The number of carbonyl (C=O) groups excluding carboxylic acids is 1. The Morgan fingerprint density at radius 2 is 1.75 bits per heavy atom. The molecule has 1 atom stereocenters. The molecule has 0 aromatic heterocycles. The highest BCUT2D eigenvalue weighted by Crippen LogP contribution is 2.27. The van der Waals surface area contributed by atoms with Gasteiger partial charge in [-0.1, -0.05) is 42.5 Å². The quantitative estimate of drug-likeness (QED) is 0.918. The monoisotopic (exact) mass is 326 g/mol. The molecule has 3 rings (SSSR count). The molecular formula is C19H22N2O3. The van der Waals surface area contributed by atoms with Gasteiger partial charge >= 0.3 is 0 Å². The highest BCUT2D eigenvalue weighted by atomic mass is 16.5. The second kappa shape index (κ2) is 7.95. The maximum absolute atomic E-state index is 13.0. The maximum Gasteiger partial charge on any atom is 0.246 e. The van der Waals surface area contributed by atoms with Gasteiger partial charge in [-0.15, -0.1) is 0 Å². The number of benzene rings is 2. The summed E-state index contributed by atoms with van der Waals surface area (Å²) in [5, 5.41) is 3.01. The fourth-order valence-corrected chi connectivity index (χ4v) is 2.95. The van der Waals surface area contributed by atoms with E-state index in [1.165, 1.54) is 0 Å². The van der Waals surface area contributed by atoms with Crippen molar-refractivity contribution in [3.63, 3.8) is 0 Å². The summed E-state index contributed by atoms with van der Waals surface area (Å²) >= 11 is 0. The van der Waals surface area contributed by atoms with E-state index in [4.69, 9.17) is 9.47 Å². The number of carbonyl (C=O) groups is 1. The third-order valence-corrected chi connectivity index (χ3v) is 4.14. The van der Waals surface area contributed by atoms with Crippen molar-refractivity contribution in [2.24, 2.45) is 0 Å². The van der Waals surface area contributed by atoms with Gasteiger partial charge in [0, 0.05) is 13.1 Å². The molecule has 1 saturated heterocycles. The van der Waals surface area contributed by atoms with Crippen molar-refractivity contribution in [3.8, 4) is 5.75 Å². The summed E-state index contributed by atoms with van der Waals surface area (Å²) in [5.74, 6) is 0.590. The minimum atomic E-state index is -0.347. The summed E-state index contributed by atoms with van der Waals surface area (Å²) < 4.78 is 10.8. The lowest BCUT2D eigenvalue weighted by atomic mass is 10.0. The number of rotatable bonds is 5. The SMILES string of the molecule is COc1ccccc1NC(=O)[C@H](c1ccccc1)N1CCOCC1. The van der Waals surface area contributed by atoms with Gasteiger partial charge in [0.15, 0.2) is 0 Å². The average molecular weight is 326 g/mol. The Balaban J connectivity index is 1.85. The standard InChI is InChI=1S/C19H22N2O3/c1-23-17-10-6-5-9-16(17)20-19(22)18(15-7-3-2-4-8-15)21-11-13-24-14-12-21/h2-10,18H,11-14H2,1H3,(H,20,22)/t18-/m0/s1. The van der Waals surface area contributed by atoms with Crippen molar-refractivity contribution >= 4 is 11.6 Å². The number of anilines is 1. The summed E-state index contributed by atoms with van der Waals surface area (Å²) in [6.45, 7) is 2.76. The molecular weight excluding hydrogens is 304 g/mol. The third-order valence-electron chi connectivity index (χ3n) is 4.14. The number of ether oxygens (including phenoxy) is 2. The van der Waals surface area contributed by atoms with Crippen LogP contribution >= 0.6 is 0 Å². The van der Waals surface area contributed by atoms with Gasteiger partial charge in [-0.2, -0.15) is 0 Å². The predicted octanol–water partition coefficient (Wildman–Crippen LogP) is 2.71. The minimum Gasteiger partial charge on any atom is -0.495 e. The fraction of sp³-hybridized carbons (Fsp3) is 0.316. The first-order valence-electron chi connectivity index (χ1n) is 8.10. The van der Waals surface area contributed by atoms with Crippen LogP contribution < -0.4 is 10.1 Å². The summed E-state index contributed by atoms with van der Waals surface area (Å²) in [7, 11) is 1.60. The lowest BCUT2D eigenvalue weighted by Gasteiger charge is -2.33. The normalized spacial score (nSPS) is 16.4. The van der Waals surface area contributed by atoms with Crippen LogP contribution in [0.25, 0.3) is 0 Å². The van der Waals surface area contributed by atoms with E-state index in [9.17, 15) is 4.79 Å². The van der Waals surface area contributed by atoms with Crippen molar-refractivity contribution in [2.75, 3.05) is 38.7 Å². The molecule has 5 heteroatoms. The first-order valence-corrected chi connectivity index (χ1v) is 8.10. The van der Waals surface area contributed by atoms with Crippen LogP contribution in [0.2, 0.25) is 0 Å². The second-order valence-corrected chi connectivity index (χ2v) is 5.65. The second-order valence-electron chi connectivity index (χ2n) is 5.65. The van der Waals surface area contributed by atoms with E-state index in [0.29, 0.717) is 24.7 Å². The van der Waals surface area contributed by atoms with Crippen molar-refractivity contribution in [3.05, 3.63) is 60.2 Å². The Morgan fingerprint density at radius 1 is 1.08 bits per heavy atom. The van der Waals surface area contributed by atoms with E-state index in [-0.39, 0.29) is 11.9 Å². The summed E-state index contributed by atoms with van der Waals surface area (Å²) in [6, 6.07) is 16.9. The van der Waals surface area contributed by atoms with Crippen molar-refractivity contribution in [1.82, 2.24) is 4.90 Å². The zero-order valence-corrected chi connectivity index (χ0v) is 13.8. The molecule has 1 N–H and O–H groups in total. The van der Waals surface area contributed by atoms with Gasteiger partial charge < -0.3 is 14.8 Å². The molecule has 1 amide bonds. The molecule has 24 heavy (non-hydrogen) atoms. The molecule has 0 unspecified atom stereocenters. The molecule has 0 radical (unpaired) electrons. The molecule has 0 aliphatic carbocycles. The van der Waals surface area contributed by atoms with Crippen molar-refractivity contribution < 1.29 is 14.3 Å². The van der Waals surface area contributed by atoms with E-state index in [2.05, 4.69) is 10.2 Å². The number of nitrogens with zero attached hydrogens (tertiary/aromatic N) is 1. The van der Waals surface area contributed by atoms with Crippen LogP contribution in [0.3, 0.4) is 0 Å².